The molecule has 1 aliphatic rings. The first-order valence-corrected chi connectivity index (χ1v) is 7.61. The lowest BCUT2D eigenvalue weighted by molar-refractivity contribution is -0.00956. The molecule has 0 bridgehead atoms. The molecule has 0 radical (unpaired) electrons. The summed E-state index contributed by atoms with van der Waals surface area (Å²) in [5.74, 6) is 1.15. The summed E-state index contributed by atoms with van der Waals surface area (Å²) in [5.41, 5.74) is 0.514. The van der Waals surface area contributed by atoms with Gasteiger partial charge in [-0.05, 0) is 31.6 Å². The lowest BCUT2D eigenvalue weighted by Crippen LogP contribution is -2.43. The van der Waals surface area contributed by atoms with Crippen molar-refractivity contribution < 1.29 is 9.16 Å². The van der Waals surface area contributed by atoms with Gasteiger partial charge in [-0.15, -0.1) is 0 Å². The van der Waals surface area contributed by atoms with Crippen LogP contribution in [0.25, 0.3) is 0 Å². The molecular formula is C12H26O2Si. The van der Waals surface area contributed by atoms with Crippen LogP contribution in [0, 0.1) is 11.8 Å². The second-order valence-electron chi connectivity index (χ2n) is 5.44. The molecule has 0 amide bonds. The SMILES string of the molecule is CC(C)C(C)(O[SiH2]C1CCCO1)C(C)C. The first kappa shape index (κ1) is 13.2. The van der Waals surface area contributed by atoms with Gasteiger partial charge in [0.2, 0.25) is 0 Å². The summed E-state index contributed by atoms with van der Waals surface area (Å²) in [7, 11) is -0.524. The van der Waals surface area contributed by atoms with Crippen LogP contribution < -0.4 is 0 Å². The fraction of sp³-hybridized carbons (Fsp3) is 1.00. The molecule has 0 N–H and O–H groups in total. The summed E-state index contributed by atoms with van der Waals surface area (Å²) in [6.45, 7) is 12.2. The average molecular weight is 230 g/mol. The first-order chi connectivity index (χ1) is 6.97. The molecule has 0 aliphatic carbocycles. The van der Waals surface area contributed by atoms with Gasteiger partial charge in [0, 0.05) is 6.61 Å². The van der Waals surface area contributed by atoms with E-state index in [9.17, 15) is 0 Å². The van der Waals surface area contributed by atoms with Crippen LogP contribution in [0.5, 0.6) is 0 Å². The number of ether oxygens (including phenoxy) is 1. The van der Waals surface area contributed by atoms with Gasteiger partial charge in [-0.1, -0.05) is 27.7 Å². The molecule has 1 atom stereocenters. The predicted molar refractivity (Wildman–Crippen MR) is 66.7 cm³/mol. The normalized spacial score (nSPS) is 23.8. The first-order valence-electron chi connectivity index (χ1n) is 6.22. The zero-order valence-corrected chi connectivity index (χ0v) is 12.3. The van der Waals surface area contributed by atoms with Crippen molar-refractivity contribution in [2.24, 2.45) is 11.8 Å². The van der Waals surface area contributed by atoms with E-state index in [1.807, 2.05) is 0 Å². The molecule has 0 aromatic carbocycles. The van der Waals surface area contributed by atoms with Gasteiger partial charge in [-0.25, -0.2) is 0 Å². The minimum absolute atomic E-state index is 0.0399. The standard InChI is InChI=1S/C12H26O2Si/c1-9(2)12(5,10(3)4)14-15-11-7-6-8-13-11/h9-11H,6-8,15H2,1-5H3. The van der Waals surface area contributed by atoms with Crippen LogP contribution in [0.1, 0.15) is 47.5 Å². The van der Waals surface area contributed by atoms with E-state index in [4.69, 9.17) is 9.16 Å². The van der Waals surface area contributed by atoms with E-state index in [0.717, 1.165) is 6.61 Å². The van der Waals surface area contributed by atoms with E-state index in [2.05, 4.69) is 34.6 Å². The fourth-order valence-electron chi connectivity index (χ4n) is 2.05. The summed E-state index contributed by atoms with van der Waals surface area (Å²) in [4.78, 5) is 0. The molecule has 2 nitrogen and oxygen atoms in total. The number of hydrogen-bond acceptors (Lipinski definition) is 2. The maximum absolute atomic E-state index is 6.25. The van der Waals surface area contributed by atoms with E-state index in [1.54, 1.807) is 0 Å². The molecule has 1 unspecified atom stereocenters. The third-order valence-corrected chi connectivity index (χ3v) is 5.70. The van der Waals surface area contributed by atoms with Gasteiger partial charge in [-0.3, -0.25) is 0 Å². The van der Waals surface area contributed by atoms with Crippen LogP contribution in [0.3, 0.4) is 0 Å². The molecule has 1 fully saturated rings. The van der Waals surface area contributed by atoms with Gasteiger partial charge < -0.3 is 9.16 Å². The van der Waals surface area contributed by atoms with Crippen LogP contribution >= 0.6 is 0 Å². The Hall–Kier alpha value is 0.137. The quantitative estimate of drug-likeness (QED) is 0.675. The lowest BCUT2D eigenvalue weighted by Gasteiger charge is -2.39. The van der Waals surface area contributed by atoms with Crippen molar-refractivity contribution in [2.75, 3.05) is 6.61 Å². The van der Waals surface area contributed by atoms with Crippen LogP contribution in [0.15, 0.2) is 0 Å². The van der Waals surface area contributed by atoms with Crippen molar-refractivity contribution in [2.45, 2.75) is 58.8 Å². The minimum Gasteiger partial charge on any atom is -0.416 e. The van der Waals surface area contributed by atoms with E-state index in [1.165, 1.54) is 12.8 Å². The van der Waals surface area contributed by atoms with Crippen LogP contribution in [-0.2, 0) is 9.16 Å². The second-order valence-corrected chi connectivity index (χ2v) is 6.97. The van der Waals surface area contributed by atoms with Gasteiger partial charge in [0.1, 0.15) is 0 Å². The number of rotatable bonds is 5. The molecule has 0 spiro atoms. The molecule has 0 saturated carbocycles. The summed E-state index contributed by atoms with van der Waals surface area (Å²) in [5, 5.41) is 0. The third kappa shape index (κ3) is 3.30. The van der Waals surface area contributed by atoms with Crippen molar-refractivity contribution in [1.29, 1.82) is 0 Å². The van der Waals surface area contributed by atoms with Crippen molar-refractivity contribution in [3.05, 3.63) is 0 Å². The molecule has 15 heavy (non-hydrogen) atoms. The van der Waals surface area contributed by atoms with Gasteiger partial charge in [0.05, 0.1) is 11.3 Å². The van der Waals surface area contributed by atoms with E-state index in [-0.39, 0.29) is 5.60 Å². The highest BCUT2D eigenvalue weighted by molar-refractivity contribution is 6.29. The molecule has 0 aromatic heterocycles. The Kier molecular flexibility index (Phi) is 4.81. The largest absolute Gasteiger partial charge is 0.416 e. The Morgan fingerprint density at radius 1 is 1.27 bits per heavy atom. The Balaban J connectivity index is 2.44. The highest BCUT2D eigenvalue weighted by Crippen LogP contribution is 2.30. The Labute approximate surface area is 96.7 Å². The molecule has 0 aromatic rings. The zero-order valence-electron chi connectivity index (χ0n) is 10.9. The smallest absolute Gasteiger partial charge is 0.191 e. The topological polar surface area (TPSA) is 18.5 Å². The minimum atomic E-state index is -0.524. The molecule has 1 aliphatic heterocycles. The van der Waals surface area contributed by atoms with Crippen LogP contribution in [0.4, 0.5) is 0 Å². The molecule has 1 saturated heterocycles. The maximum atomic E-state index is 6.25. The van der Waals surface area contributed by atoms with Crippen molar-refractivity contribution in [3.63, 3.8) is 0 Å². The summed E-state index contributed by atoms with van der Waals surface area (Å²) >= 11 is 0. The van der Waals surface area contributed by atoms with E-state index >= 15 is 0 Å². The Morgan fingerprint density at radius 2 is 1.87 bits per heavy atom. The van der Waals surface area contributed by atoms with Crippen molar-refractivity contribution in [1.82, 2.24) is 0 Å². The Morgan fingerprint density at radius 3 is 2.27 bits per heavy atom. The van der Waals surface area contributed by atoms with Crippen molar-refractivity contribution in [3.8, 4) is 0 Å². The summed E-state index contributed by atoms with van der Waals surface area (Å²) < 4.78 is 11.9. The molecular weight excluding hydrogens is 204 g/mol. The molecule has 3 heteroatoms. The van der Waals surface area contributed by atoms with Crippen LogP contribution in [-0.4, -0.2) is 27.7 Å². The molecule has 1 rings (SSSR count). The highest BCUT2D eigenvalue weighted by Gasteiger charge is 2.33. The predicted octanol–water partition coefficient (Wildman–Crippen LogP) is 2.29. The summed E-state index contributed by atoms with van der Waals surface area (Å²) in [6, 6.07) is 0. The third-order valence-electron chi connectivity index (χ3n) is 3.90. The van der Waals surface area contributed by atoms with Gasteiger partial charge >= 0.3 is 0 Å². The fourth-order valence-corrected chi connectivity index (χ4v) is 3.98. The second kappa shape index (κ2) is 5.46. The molecule has 1 heterocycles. The lowest BCUT2D eigenvalue weighted by atomic mass is 9.82. The highest BCUT2D eigenvalue weighted by atomic mass is 28.2. The van der Waals surface area contributed by atoms with E-state index < -0.39 is 9.76 Å². The van der Waals surface area contributed by atoms with Gasteiger partial charge in [-0.2, -0.15) is 0 Å². The zero-order chi connectivity index (χ0) is 11.5. The average Bonchev–Trinajstić information content (AvgIpc) is 2.65. The van der Waals surface area contributed by atoms with Crippen molar-refractivity contribution >= 4 is 9.76 Å². The molecule has 90 valence electrons. The monoisotopic (exact) mass is 230 g/mol. The van der Waals surface area contributed by atoms with Crippen LogP contribution in [0.2, 0.25) is 0 Å². The number of hydrogen-bond donors (Lipinski definition) is 0. The maximum Gasteiger partial charge on any atom is 0.191 e. The summed E-state index contributed by atoms with van der Waals surface area (Å²) in [6.07, 6.45) is 2.44. The van der Waals surface area contributed by atoms with Gasteiger partial charge in [0.25, 0.3) is 0 Å². The Bertz CT molecular complexity index is 178. The van der Waals surface area contributed by atoms with Gasteiger partial charge in [0.15, 0.2) is 9.76 Å². The van der Waals surface area contributed by atoms with E-state index in [0.29, 0.717) is 17.6 Å².